The Morgan fingerprint density at radius 3 is 2.70 bits per heavy atom. The fourth-order valence-electron chi connectivity index (χ4n) is 2.57. The van der Waals surface area contributed by atoms with Crippen molar-refractivity contribution in [2.45, 2.75) is 38.6 Å². The van der Waals surface area contributed by atoms with Gasteiger partial charge in [0.1, 0.15) is 6.04 Å². The van der Waals surface area contributed by atoms with Crippen molar-refractivity contribution in [2.24, 2.45) is 5.92 Å². The third-order valence-corrected chi connectivity index (χ3v) is 3.81. The van der Waals surface area contributed by atoms with E-state index in [-0.39, 0.29) is 6.03 Å². The Labute approximate surface area is 121 Å². The first-order valence-electron chi connectivity index (χ1n) is 7.37. The Morgan fingerprint density at radius 2 is 2.20 bits per heavy atom. The lowest BCUT2D eigenvalue weighted by Gasteiger charge is -2.24. The normalized spacial score (nSPS) is 20.6. The monoisotopic (exact) mass is 285 g/mol. The highest BCUT2D eigenvalue weighted by atomic mass is 16.4. The number of hydrogen-bond acceptors (Lipinski definition) is 3. The van der Waals surface area contributed by atoms with Gasteiger partial charge in [-0.3, -0.25) is 0 Å². The molecule has 1 saturated heterocycles. The van der Waals surface area contributed by atoms with Crippen molar-refractivity contribution in [2.75, 3.05) is 33.7 Å². The van der Waals surface area contributed by atoms with Crippen LogP contribution in [-0.2, 0) is 4.79 Å². The number of rotatable bonds is 7. The number of urea groups is 1. The zero-order valence-electron chi connectivity index (χ0n) is 12.8. The SMILES string of the molecule is CCCC[C@H](NC(=O)N(C)CC1CCN(C)C1)C(=O)O. The van der Waals surface area contributed by atoms with Crippen LogP contribution in [0.3, 0.4) is 0 Å². The molecule has 1 heterocycles. The van der Waals surface area contributed by atoms with Crippen LogP contribution in [0.1, 0.15) is 32.6 Å². The third kappa shape index (κ3) is 5.36. The lowest BCUT2D eigenvalue weighted by molar-refractivity contribution is -0.139. The predicted octanol–water partition coefficient (Wildman–Crippen LogP) is 1.22. The number of carbonyl (C=O) groups is 2. The fraction of sp³-hybridized carbons (Fsp3) is 0.857. The van der Waals surface area contributed by atoms with E-state index >= 15 is 0 Å². The van der Waals surface area contributed by atoms with E-state index in [0.29, 0.717) is 18.9 Å². The van der Waals surface area contributed by atoms with Crippen molar-refractivity contribution in [1.29, 1.82) is 0 Å². The standard InChI is InChI=1S/C14H27N3O3/c1-4-5-6-12(13(18)19)15-14(20)17(3)10-11-7-8-16(2)9-11/h11-12H,4-10H2,1-3H3,(H,15,20)(H,18,19)/t11?,12-/m0/s1. The van der Waals surface area contributed by atoms with E-state index < -0.39 is 12.0 Å². The molecule has 0 aromatic heterocycles. The average Bonchev–Trinajstić information content (AvgIpc) is 2.79. The van der Waals surface area contributed by atoms with Crippen LogP contribution in [0.5, 0.6) is 0 Å². The average molecular weight is 285 g/mol. The molecule has 6 heteroatoms. The molecule has 2 amide bonds. The van der Waals surface area contributed by atoms with Gasteiger partial charge < -0.3 is 20.2 Å². The highest BCUT2D eigenvalue weighted by molar-refractivity contribution is 5.82. The van der Waals surface area contributed by atoms with Gasteiger partial charge in [0.25, 0.3) is 0 Å². The van der Waals surface area contributed by atoms with Gasteiger partial charge >= 0.3 is 12.0 Å². The molecule has 116 valence electrons. The van der Waals surface area contributed by atoms with E-state index in [1.54, 1.807) is 11.9 Å². The van der Waals surface area contributed by atoms with E-state index in [4.69, 9.17) is 5.11 Å². The Balaban J connectivity index is 2.40. The van der Waals surface area contributed by atoms with Crippen LogP contribution in [0, 0.1) is 5.92 Å². The van der Waals surface area contributed by atoms with Gasteiger partial charge in [0.05, 0.1) is 0 Å². The van der Waals surface area contributed by atoms with E-state index in [1.165, 1.54) is 0 Å². The summed E-state index contributed by atoms with van der Waals surface area (Å²) >= 11 is 0. The Kier molecular flexibility index (Phi) is 6.78. The van der Waals surface area contributed by atoms with Gasteiger partial charge in [0, 0.05) is 20.1 Å². The molecule has 0 bridgehead atoms. The van der Waals surface area contributed by atoms with E-state index in [9.17, 15) is 9.59 Å². The van der Waals surface area contributed by atoms with Crippen LogP contribution < -0.4 is 5.32 Å². The van der Waals surface area contributed by atoms with Crippen molar-refractivity contribution in [3.8, 4) is 0 Å². The highest BCUT2D eigenvalue weighted by Gasteiger charge is 2.25. The summed E-state index contributed by atoms with van der Waals surface area (Å²) in [4.78, 5) is 27.0. The molecule has 0 aromatic carbocycles. The fourth-order valence-corrected chi connectivity index (χ4v) is 2.57. The molecule has 20 heavy (non-hydrogen) atoms. The maximum absolute atomic E-state index is 12.0. The highest BCUT2D eigenvalue weighted by Crippen LogP contribution is 2.15. The van der Waals surface area contributed by atoms with Gasteiger partial charge in [-0.15, -0.1) is 0 Å². The van der Waals surface area contributed by atoms with E-state index in [2.05, 4.69) is 17.3 Å². The summed E-state index contributed by atoms with van der Waals surface area (Å²) in [6.07, 6.45) is 3.29. The minimum atomic E-state index is -0.958. The molecular formula is C14H27N3O3. The predicted molar refractivity (Wildman–Crippen MR) is 77.7 cm³/mol. The molecule has 2 N–H and O–H groups in total. The quantitative estimate of drug-likeness (QED) is 0.738. The number of carbonyl (C=O) groups excluding carboxylic acids is 1. The summed E-state index contributed by atoms with van der Waals surface area (Å²) in [5, 5.41) is 11.7. The van der Waals surface area contributed by atoms with Gasteiger partial charge in [-0.2, -0.15) is 0 Å². The van der Waals surface area contributed by atoms with Crippen LogP contribution in [0.2, 0.25) is 0 Å². The maximum atomic E-state index is 12.0. The van der Waals surface area contributed by atoms with Gasteiger partial charge in [-0.25, -0.2) is 9.59 Å². The van der Waals surface area contributed by atoms with Crippen molar-refractivity contribution in [3.05, 3.63) is 0 Å². The maximum Gasteiger partial charge on any atom is 0.326 e. The minimum Gasteiger partial charge on any atom is -0.480 e. The molecule has 1 aliphatic heterocycles. The zero-order chi connectivity index (χ0) is 15.1. The summed E-state index contributed by atoms with van der Waals surface area (Å²) in [5.41, 5.74) is 0. The molecule has 1 unspecified atom stereocenters. The number of nitrogens with zero attached hydrogens (tertiary/aromatic N) is 2. The number of aliphatic carboxylic acids is 1. The first-order chi connectivity index (χ1) is 9.43. The molecule has 1 fully saturated rings. The van der Waals surface area contributed by atoms with Crippen LogP contribution in [0.15, 0.2) is 0 Å². The number of carboxylic acids is 1. The van der Waals surface area contributed by atoms with E-state index in [1.807, 2.05) is 6.92 Å². The largest absolute Gasteiger partial charge is 0.480 e. The number of carboxylic acid groups (broad SMARTS) is 1. The topological polar surface area (TPSA) is 72.9 Å². The van der Waals surface area contributed by atoms with Crippen LogP contribution in [0.4, 0.5) is 4.79 Å². The van der Waals surface area contributed by atoms with Crippen molar-refractivity contribution >= 4 is 12.0 Å². The van der Waals surface area contributed by atoms with Gasteiger partial charge in [0.2, 0.25) is 0 Å². The summed E-state index contributed by atoms with van der Waals surface area (Å²) in [5.74, 6) is -0.476. The molecule has 6 nitrogen and oxygen atoms in total. The lowest BCUT2D eigenvalue weighted by Crippen LogP contribution is -2.47. The number of nitrogens with one attached hydrogen (secondary N) is 1. The molecule has 0 radical (unpaired) electrons. The lowest BCUT2D eigenvalue weighted by atomic mass is 10.1. The van der Waals surface area contributed by atoms with Crippen molar-refractivity contribution < 1.29 is 14.7 Å². The molecular weight excluding hydrogens is 258 g/mol. The van der Waals surface area contributed by atoms with Crippen molar-refractivity contribution in [3.63, 3.8) is 0 Å². The molecule has 1 rings (SSSR count). The molecule has 2 atom stereocenters. The Morgan fingerprint density at radius 1 is 1.50 bits per heavy atom. The minimum absolute atomic E-state index is 0.289. The van der Waals surface area contributed by atoms with Gasteiger partial charge in [-0.1, -0.05) is 19.8 Å². The summed E-state index contributed by atoms with van der Waals surface area (Å²) in [7, 11) is 3.80. The molecule has 1 aliphatic rings. The van der Waals surface area contributed by atoms with Crippen molar-refractivity contribution in [1.82, 2.24) is 15.1 Å². The second-order valence-electron chi connectivity index (χ2n) is 5.78. The number of amides is 2. The summed E-state index contributed by atoms with van der Waals surface area (Å²) in [6.45, 7) is 4.74. The second-order valence-corrected chi connectivity index (χ2v) is 5.78. The zero-order valence-corrected chi connectivity index (χ0v) is 12.8. The van der Waals surface area contributed by atoms with Gasteiger partial charge in [0.15, 0.2) is 0 Å². The third-order valence-electron chi connectivity index (χ3n) is 3.81. The second kappa shape index (κ2) is 8.09. The molecule has 0 aromatic rings. The Hall–Kier alpha value is -1.30. The molecule has 0 spiro atoms. The smallest absolute Gasteiger partial charge is 0.326 e. The van der Waals surface area contributed by atoms with Crippen LogP contribution in [0.25, 0.3) is 0 Å². The number of hydrogen-bond donors (Lipinski definition) is 2. The summed E-state index contributed by atoms with van der Waals surface area (Å²) < 4.78 is 0. The number of unbranched alkanes of at least 4 members (excludes halogenated alkanes) is 1. The first kappa shape index (κ1) is 16.8. The van der Waals surface area contributed by atoms with Crippen LogP contribution >= 0.6 is 0 Å². The number of likely N-dealkylation sites (tertiary alicyclic amines) is 1. The van der Waals surface area contributed by atoms with E-state index in [0.717, 1.165) is 32.4 Å². The van der Waals surface area contributed by atoms with Crippen LogP contribution in [-0.4, -0.2) is 66.7 Å². The summed E-state index contributed by atoms with van der Waals surface area (Å²) in [6, 6.07) is -1.07. The first-order valence-corrected chi connectivity index (χ1v) is 7.37. The van der Waals surface area contributed by atoms with Gasteiger partial charge in [-0.05, 0) is 32.4 Å². The Bertz CT molecular complexity index is 336. The molecule has 0 saturated carbocycles. The molecule has 0 aliphatic carbocycles.